The molecule has 0 saturated heterocycles. The number of nitriles is 1. The first-order chi connectivity index (χ1) is 16.4. The van der Waals surface area contributed by atoms with Gasteiger partial charge >= 0.3 is 0 Å². The van der Waals surface area contributed by atoms with Gasteiger partial charge in [0.25, 0.3) is 0 Å². The van der Waals surface area contributed by atoms with E-state index in [4.69, 9.17) is 25.5 Å². The molecule has 0 spiro atoms. The lowest BCUT2D eigenvalue weighted by Crippen LogP contribution is -1.93. The molecule has 0 amide bonds. The Morgan fingerprint density at radius 2 is 1.47 bits per heavy atom. The first kappa shape index (κ1) is 23.2. The van der Waals surface area contributed by atoms with E-state index in [2.05, 4.69) is 11.1 Å². The fraction of sp³-hybridized carbons (Fsp3) is 0.143. The van der Waals surface area contributed by atoms with Crippen LogP contribution in [-0.2, 0) is 0 Å². The summed E-state index contributed by atoms with van der Waals surface area (Å²) in [4.78, 5) is 4.53. The normalized spacial score (nSPS) is 10.9. The van der Waals surface area contributed by atoms with Crippen molar-refractivity contribution in [3.8, 4) is 40.0 Å². The molecule has 0 bridgehead atoms. The Morgan fingerprint density at radius 1 is 0.882 bits per heavy atom. The quantitative estimate of drug-likeness (QED) is 0.273. The summed E-state index contributed by atoms with van der Waals surface area (Å²) in [6.45, 7) is 4.05. The SMILES string of the molecule is COc1cc(OC)c(C=Nc2oc(-c3ccc(C)cc3)c(-c3ccc(C)cc3)c2C#N)cc1Cl. The van der Waals surface area contributed by atoms with Gasteiger partial charge in [0.15, 0.2) is 0 Å². The molecular formula is C28H23ClN2O3. The largest absolute Gasteiger partial charge is 0.496 e. The lowest BCUT2D eigenvalue weighted by molar-refractivity contribution is 0.394. The predicted molar refractivity (Wildman–Crippen MR) is 136 cm³/mol. The highest BCUT2D eigenvalue weighted by atomic mass is 35.5. The number of ether oxygens (including phenoxy) is 2. The van der Waals surface area contributed by atoms with Gasteiger partial charge in [0.05, 0.1) is 19.2 Å². The highest BCUT2D eigenvalue weighted by molar-refractivity contribution is 6.32. The second-order valence-corrected chi connectivity index (χ2v) is 8.22. The average Bonchev–Trinajstić information content (AvgIpc) is 3.22. The minimum atomic E-state index is 0.211. The number of aliphatic imine (C=N–C) groups is 1. The summed E-state index contributed by atoms with van der Waals surface area (Å²) < 4.78 is 16.9. The van der Waals surface area contributed by atoms with Crippen LogP contribution in [0.3, 0.4) is 0 Å². The van der Waals surface area contributed by atoms with Crippen LogP contribution in [0.25, 0.3) is 22.5 Å². The second kappa shape index (κ2) is 9.86. The minimum Gasteiger partial charge on any atom is -0.496 e. The Kier molecular flexibility index (Phi) is 6.72. The van der Waals surface area contributed by atoms with Gasteiger partial charge < -0.3 is 13.9 Å². The van der Waals surface area contributed by atoms with Crippen molar-refractivity contribution in [3.63, 3.8) is 0 Å². The summed E-state index contributed by atoms with van der Waals surface area (Å²) in [5.41, 5.74) is 5.70. The van der Waals surface area contributed by atoms with E-state index in [-0.39, 0.29) is 5.88 Å². The number of hydrogen-bond acceptors (Lipinski definition) is 5. The maximum Gasteiger partial charge on any atom is 0.238 e. The predicted octanol–water partition coefficient (Wildman–Crippen LogP) is 7.52. The molecule has 4 aromatic rings. The van der Waals surface area contributed by atoms with Crippen LogP contribution in [0.15, 0.2) is 70.1 Å². The van der Waals surface area contributed by atoms with Crippen molar-refractivity contribution < 1.29 is 13.9 Å². The van der Waals surface area contributed by atoms with Crippen LogP contribution in [0.4, 0.5) is 5.88 Å². The van der Waals surface area contributed by atoms with Crippen molar-refractivity contribution in [3.05, 3.63) is 87.9 Å². The molecule has 0 fully saturated rings. The van der Waals surface area contributed by atoms with Crippen molar-refractivity contribution in [1.29, 1.82) is 5.26 Å². The Balaban J connectivity index is 1.88. The van der Waals surface area contributed by atoms with Crippen molar-refractivity contribution in [2.24, 2.45) is 4.99 Å². The molecule has 0 N–H and O–H groups in total. The van der Waals surface area contributed by atoms with E-state index in [9.17, 15) is 5.26 Å². The van der Waals surface area contributed by atoms with Gasteiger partial charge in [-0.05, 0) is 25.5 Å². The maximum atomic E-state index is 10.1. The third-order valence-corrected chi connectivity index (χ3v) is 5.78. The van der Waals surface area contributed by atoms with Crippen LogP contribution in [0.2, 0.25) is 5.02 Å². The van der Waals surface area contributed by atoms with Gasteiger partial charge in [0, 0.05) is 29.0 Å². The summed E-state index contributed by atoms with van der Waals surface area (Å²) in [7, 11) is 3.09. The van der Waals surface area contributed by atoms with Crippen LogP contribution in [-0.4, -0.2) is 20.4 Å². The van der Waals surface area contributed by atoms with Gasteiger partial charge in [0.1, 0.15) is 28.9 Å². The fourth-order valence-electron chi connectivity index (χ4n) is 3.63. The topological polar surface area (TPSA) is 67.8 Å². The Labute approximate surface area is 203 Å². The molecule has 0 atom stereocenters. The third-order valence-electron chi connectivity index (χ3n) is 5.48. The second-order valence-electron chi connectivity index (χ2n) is 7.82. The van der Waals surface area contributed by atoms with Gasteiger partial charge in [-0.3, -0.25) is 0 Å². The molecule has 170 valence electrons. The van der Waals surface area contributed by atoms with Gasteiger partial charge in [0.2, 0.25) is 5.88 Å². The smallest absolute Gasteiger partial charge is 0.238 e. The van der Waals surface area contributed by atoms with Crippen molar-refractivity contribution in [2.75, 3.05) is 14.2 Å². The Morgan fingerprint density at radius 3 is 2.03 bits per heavy atom. The number of rotatable bonds is 6. The molecule has 34 heavy (non-hydrogen) atoms. The fourth-order valence-corrected chi connectivity index (χ4v) is 3.88. The summed E-state index contributed by atoms with van der Waals surface area (Å²) in [6.07, 6.45) is 1.57. The highest BCUT2D eigenvalue weighted by Crippen LogP contribution is 2.43. The molecule has 0 unspecified atom stereocenters. The number of aryl methyl sites for hydroxylation is 2. The first-order valence-electron chi connectivity index (χ1n) is 10.6. The van der Waals surface area contributed by atoms with Crippen molar-refractivity contribution >= 4 is 23.7 Å². The van der Waals surface area contributed by atoms with Crippen LogP contribution >= 0.6 is 11.6 Å². The molecule has 6 heteroatoms. The van der Waals surface area contributed by atoms with Crippen LogP contribution in [0.1, 0.15) is 22.3 Å². The zero-order valence-electron chi connectivity index (χ0n) is 19.3. The lowest BCUT2D eigenvalue weighted by Gasteiger charge is -2.08. The van der Waals surface area contributed by atoms with E-state index < -0.39 is 0 Å². The molecule has 1 heterocycles. The molecule has 0 aliphatic rings. The van der Waals surface area contributed by atoms with Crippen molar-refractivity contribution in [2.45, 2.75) is 13.8 Å². The molecule has 0 aliphatic carbocycles. The highest BCUT2D eigenvalue weighted by Gasteiger charge is 2.23. The zero-order valence-corrected chi connectivity index (χ0v) is 20.1. The molecule has 4 rings (SSSR count). The molecule has 0 saturated carbocycles. The Hall–Kier alpha value is -4.01. The van der Waals surface area contributed by atoms with Gasteiger partial charge in [-0.1, -0.05) is 71.3 Å². The van der Waals surface area contributed by atoms with Crippen molar-refractivity contribution in [1.82, 2.24) is 0 Å². The molecule has 3 aromatic carbocycles. The summed E-state index contributed by atoms with van der Waals surface area (Å²) in [6, 6.07) is 21.6. The number of furan rings is 1. The maximum absolute atomic E-state index is 10.1. The van der Waals surface area contributed by atoms with Crippen LogP contribution < -0.4 is 9.47 Å². The standard InChI is InChI=1S/C28H23ClN2O3/c1-17-5-9-19(10-6-17)26-22(15-30)28(34-27(26)20-11-7-18(2)8-12-20)31-16-21-13-23(29)25(33-4)14-24(21)32-3/h5-14,16H,1-4H3. The van der Waals surface area contributed by atoms with E-state index in [0.29, 0.717) is 39.0 Å². The van der Waals surface area contributed by atoms with Crippen LogP contribution in [0.5, 0.6) is 11.5 Å². The molecule has 0 radical (unpaired) electrons. The van der Waals surface area contributed by atoms with E-state index in [1.807, 2.05) is 62.4 Å². The number of nitrogens with zero attached hydrogens (tertiary/aromatic N) is 2. The lowest BCUT2D eigenvalue weighted by atomic mass is 9.97. The first-order valence-corrected chi connectivity index (χ1v) is 11.0. The molecule has 1 aromatic heterocycles. The molecule has 0 aliphatic heterocycles. The van der Waals surface area contributed by atoms with E-state index in [0.717, 1.165) is 22.3 Å². The summed E-state index contributed by atoms with van der Waals surface area (Å²) >= 11 is 6.30. The number of methoxy groups -OCH3 is 2. The number of hydrogen-bond donors (Lipinski definition) is 0. The third kappa shape index (κ3) is 4.54. The summed E-state index contributed by atoms with van der Waals surface area (Å²) in [5.74, 6) is 1.83. The van der Waals surface area contributed by atoms with Gasteiger partial charge in [-0.2, -0.15) is 5.26 Å². The van der Waals surface area contributed by atoms with Gasteiger partial charge in [-0.15, -0.1) is 0 Å². The molecular weight excluding hydrogens is 448 g/mol. The number of benzene rings is 3. The summed E-state index contributed by atoms with van der Waals surface area (Å²) in [5, 5.41) is 10.5. The van der Waals surface area contributed by atoms with Crippen LogP contribution in [0, 0.1) is 25.2 Å². The minimum absolute atomic E-state index is 0.211. The van der Waals surface area contributed by atoms with E-state index in [1.165, 1.54) is 7.11 Å². The van der Waals surface area contributed by atoms with E-state index >= 15 is 0 Å². The molecule has 5 nitrogen and oxygen atoms in total. The monoisotopic (exact) mass is 470 g/mol. The number of halogens is 1. The average molecular weight is 471 g/mol. The zero-order chi connectivity index (χ0) is 24.2. The van der Waals surface area contributed by atoms with Gasteiger partial charge in [-0.25, -0.2) is 4.99 Å². The Bertz CT molecular complexity index is 1400. The van der Waals surface area contributed by atoms with E-state index in [1.54, 1.807) is 25.5 Å².